The van der Waals surface area contributed by atoms with Crippen LogP contribution in [0.15, 0.2) is 48.5 Å². The third kappa shape index (κ3) is 5.92. The molecule has 152 valence electrons. The van der Waals surface area contributed by atoms with Gasteiger partial charge in [0.2, 0.25) is 5.91 Å². The molecule has 2 rings (SSSR count). The van der Waals surface area contributed by atoms with Crippen LogP contribution < -0.4 is 0 Å². The third-order valence-corrected chi connectivity index (χ3v) is 4.99. The van der Waals surface area contributed by atoms with Gasteiger partial charge in [-0.3, -0.25) is 4.79 Å². The number of carbonyl (C=O) groups is 2. The van der Waals surface area contributed by atoms with Crippen molar-refractivity contribution >= 4 is 11.9 Å². The van der Waals surface area contributed by atoms with Crippen LogP contribution in [0.4, 0.5) is 0 Å². The standard InChI is InChI=1S/C24H28N2O3/c1-4-5-6-11-23(27)26(18(2)24(28)29-3)17-19-12-14-20(15-13-19)22-10-8-7-9-21(22)16-25/h7-10,12-15,18H,4-6,11,17H2,1-3H3/t18-/m0/s1. The van der Waals surface area contributed by atoms with Gasteiger partial charge in [0.15, 0.2) is 0 Å². The summed E-state index contributed by atoms with van der Waals surface area (Å²) in [7, 11) is 1.33. The molecule has 0 unspecified atom stereocenters. The highest BCUT2D eigenvalue weighted by Gasteiger charge is 2.26. The lowest BCUT2D eigenvalue weighted by Crippen LogP contribution is -2.43. The minimum absolute atomic E-state index is 0.0461. The summed E-state index contributed by atoms with van der Waals surface area (Å²) in [5.74, 6) is -0.469. The van der Waals surface area contributed by atoms with Crippen molar-refractivity contribution < 1.29 is 14.3 Å². The number of benzene rings is 2. The van der Waals surface area contributed by atoms with Gasteiger partial charge in [0.05, 0.1) is 18.7 Å². The predicted octanol–water partition coefficient (Wildman–Crippen LogP) is 4.70. The van der Waals surface area contributed by atoms with Crippen molar-refractivity contribution in [3.63, 3.8) is 0 Å². The first-order chi connectivity index (χ1) is 14.0. The zero-order valence-electron chi connectivity index (χ0n) is 17.4. The Labute approximate surface area is 172 Å². The van der Waals surface area contributed by atoms with Gasteiger partial charge in [-0.1, -0.05) is 62.2 Å². The Balaban J connectivity index is 2.20. The summed E-state index contributed by atoms with van der Waals surface area (Å²) in [5.41, 5.74) is 3.35. The Morgan fingerprint density at radius 3 is 2.41 bits per heavy atom. The van der Waals surface area contributed by atoms with Gasteiger partial charge < -0.3 is 9.64 Å². The van der Waals surface area contributed by atoms with E-state index >= 15 is 0 Å². The molecule has 0 aliphatic heterocycles. The molecule has 0 aliphatic carbocycles. The predicted molar refractivity (Wildman–Crippen MR) is 113 cm³/mol. The van der Waals surface area contributed by atoms with E-state index in [1.54, 1.807) is 17.9 Å². The van der Waals surface area contributed by atoms with Gasteiger partial charge >= 0.3 is 5.97 Å². The maximum Gasteiger partial charge on any atom is 0.328 e. The van der Waals surface area contributed by atoms with Crippen LogP contribution in [0, 0.1) is 11.3 Å². The molecule has 0 saturated carbocycles. The molecule has 1 amide bonds. The fraction of sp³-hybridized carbons (Fsp3) is 0.375. The Kier molecular flexibility index (Phi) is 8.42. The van der Waals surface area contributed by atoms with Crippen molar-refractivity contribution in [2.45, 2.75) is 52.1 Å². The number of unbranched alkanes of at least 4 members (excludes halogenated alkanes) is 2. The number of amides is 1. The van der Waals surface area contributed by atoms with E-state index in [1.165, 1.54) is 7.11 Å². The Morgan fingerprint density at radius 1 is 1.10 bits per heavy atom. The molecule has 0 spiro atoms. The van der Waals surface area contributed by atoms with Gasteiger partial charge in [-0.05, 0) is 36.1 Å². The number of hydrogen-bond donors (Lipinski definition) is 0. The maximum absolute atomic E-state index is 12.7. The Morgan fingerprint density at radius 2 is 1.79 bits per heavy atom. The summed E-state index contributed by atoms with van der Waals surface area (Å²) < 4.78 is 4.85. The molecule has 0 radical (unpaired) electrons. The molecular formula is C24H28N2O3. The number of esters is 1. The summed E-state index contributed by atoms with van der Waals surface area (Å²) in [6, 6.07) is 16.7. The van der Waals surface area contributed by atoms with E-state index in [9.17, 15) is 14.9 Å². The number of rotatable bonds is 9. The molecule has 0 bridgehead atoms. The number of hydrogen-bond acceptors (Lipinski definition) is 4. The first-order valence-corrected chi connectivity index (χ1v) is 9.97. The van der Waals surface area contributed by atoms with Gasteiger partial charge in [0.1, 0.15) is 6.04 Å². The minimum Gasteiger partial charge on any atom is -0.467 e. The van der Waals surface area contributed by atoms with E-state index in [4.69, 9.17) is 4.74 Å². The van der Waals surface area contributed by atoms with Crippen molar-refractivity contribution in [3.8, 4) is 17.2 Å². The molecule has 0 N–H and O–H groups in total. The van der Waals surface area contributed by atoms with E-state index in [0.717, 1.165) is 36.0 Å². The molecule has 0 fully saturated rings. The van der Waals surface area contributed by atoms with E-state index < -0.39 is 12.0 Å². The van der Waals surface area contributed by atoms with Crippen LogP contribution in [0.3, 0.4) is 0 Å². The lowest BCUT2D eigenvalue weighted by atomic mass is 9.99. The molecule has 5 nitrogen and oxygen atoms in total. The van der Waals surface area contributed by atoms with Crippen LogP contribution in [-0.2, 0) is 20.9 Å². The summed E-state index contributed by atoms with van der Waals surface area (Å²) in [5, 5.41) is 9.30. The number of nitriles is 1. The second-order valence-corrected chi connectivity index (χ2v) is 7.03. The largest absolute Gasteiger partial charge is 0.467 e. The van der Waals surface area contributed by atoms with Crippen LogP contribution in [0.2, 0.25) is 0 Å². The minimum atomic E-state index is -0.645. The normalized spacial score (nSPS) is 11.4. The summed E-state index contributed by atoms with van der Waals surface area (Å²) in [6.45, 7) is 4.12. The molecule has 2 aromatic carbocycles. The third-order valence-electron chi connectivity index (χ3n) is 4.99. The average molecular weight is 392 g/mol. The van der Waals surface area contributed by atoms with Gasteiger partial charge in [-0.25, -0.2) is 4.79 Å². The van der Waals surface area contributed by atoms with Crippen molar-refractivity contribution in [2.75, 3.05) is 7.11 Å². The highest BCUT2D eigenvalue weighted by molar-refractivity contribution is 5.84. The van der Waals surface area contributed by atoms with Gasteiger partial charge in [0, 0.05) is 13.0 Å². The highest BCUT2D eigenvalue weighted by Crippen LogP contribution is 2.24. The highest BCUT2D eigenvalue weighted by atomic mass is 16.5. The molecule has 0 aliphatic rings. The average Bonchev–Trinajstić information content (AvgIpc) is 2.76. The van der Waals surface area contributed by atoms with Gasteiger partial charge in [0.25, 0.3) is 0 Å². The Bertz CT molecular complexity index is 868. The van der Waals surface area contributed by atoms with Crippen LogP contribution in [-0.4, -0.2) is 29.9 Å². The number of nitrogens with zero attached hydrogens (tertiary/aromatic N) is 2. The first kappa shape index (κ1) is 22.2. The zero-order chi connectivity index (χ0) is 21.2. The summed E-state index contributed by atoms with van der Waals surface area (Å²) in [4.78, 5) is 26.4. The van der Waals surface area contributed by atoms with Crippen LogP contribution in [0.1, 0.15) is 50.7 Å². The van der Waals surface area contributed by atoms with Crippen molar-refractivity contribution in [1.82, 2.24) is 4.90 Å². The van der Waals surface area contributed by atoms with Crippen LogP contribution in [0.5, 0.6) is 0 Å². The van der Waals surface area contributed by atoms with E-state index in [2.05, 4.69) is 13.0 Å². The molecule has 1 atom stereocenters. The Hall–Kier alpha value is -3.13. The fourth-order valence-electron chi connectivity index (χ4n) is 3.23. The molecule has 29 heavy (non-hydrogen) atoms. The number of methoxy groups -OCH3 is 1. The zero-order valence-corrected chi connectivity index (χ0v) is 17.4. The van der Waals surface area contributed by atoms with Crippen molar-refractivity contribution in [3.05, 3.63) is 59.7 Å². The SMILES string of the molecule is CCCCCC(=O)N(Cc1ccc(-c2ccccc2C#N)cc1)[C@@H](C)C(=O)OC. The smallest absolute Gasteiger partial charge is 0.328 e. The first-order valence-electron chi connectivity index (χ1n) is 9.97. The number of ether oxygens (including phenoxy) is 1. The quantitative estimate of drug-likeness (QED) is 0.458. The molecule has 2 aromatic rings. The molecule has 0 saturated heterocycles. The molecule has 5 heteroatoms. The van der Waals surface area contributed by atoms with Gasteiger partial charge in [-0.2, -0.15) is 5.26 Å². The van der Waals surface area contributed by atoms with E-state index in [0.29, 0.717) is 18.5 Å². The molecule has 0 aromatic heterocycles. The van der Waals surface area contributed by atoms with Crippen LogP contribution in [0.25, 0.3) is 11.1 Å². The van der Waals surface area contributed by atoms with Crippen LogP contribution >= 0.6 is 0 Å². The van der Waals surface area contributed by atoms with Crippen molar-refractivity contribution in [1.29, 1.82) is 5.26 Å². The second-order valence-electron chi connectivity index (χ2n) is 7.03. The maximum atomic E-state index is 12.7. The molecule has 0 heterocycles. The van der Waals surface area contributed by atoms with E-state index in [1.807, 2.05) is 42.5 Å². The monoisotopic (exact) mass is 392 g/mol. The van der Waals surface area contributed by atoms with Gasteiger partial charge in [-0.15, -0.1) is 0 Å². The fourth-order valence-corrected chi connectivity index (χ4v) is 3.23. The topological polar surface area (TPSA) is 70.4 Å². The summed E-state index contributed by atoms with van der Waals surface area (Å²) >= 11 is 0. The number of carbonyl (C=O) groups excluding carboxylic acids is 2. The lowest BCUT2D eigenvalue weighted by Gasteiger charge is -2.28. The lowest BCUT2D eigenvalue weighted by molar-refractivity contribution is -0.152. The molecular weight excluding hydrogens is 364 g/mol. The summed E-state index contributed by atoms with van der Waals surface area (Å²) in [6.07, 6.45) is 3.25. The van der Waals surface area contributed by atoms with Crippen molar-refractivity contribution in [2.24, 2.45) is 0 Å². The second kappa shape index (κ2) is 11.0. The van der Waals surface area contributed by atoms with E-state index in [-0.39, 0.29) is 5.91 Å².